The van der Waals surface area contributed by atoms with Gasteiger partial charge in [0.15, 0.2) is 0 Å². The first-order valence-corrected chi connectivity index (χ1v) is 8.41. The fraction of sp³-hybridized carbons (Fsp3) is 0.421. The predicted octanol–water partition coefficient (Wildman–Crippen LogP) is 2.67. The Morgan fingerprint density at radius 1 is 1.42 bits per heavy atom. The highest BCUT2D eigenvalue weighted by molar-refractivity contribution is 5.87. The summed E-state index contributed by atoms with van der Waals surface area (Å²) in [5.41, 5.74) is 4.24. The molecule has 0 bridgehead atoms. The van der Waals surface area contributed by atoms with Crippen LogP contribution in [0.3, 0.4) is 0 Å². The van der Waals surface area contributed by atoms with Crippen LogP contribution in [0.25, 0.3) is 0 Å². The summed E-state index contributed by atoms with van der Waals surface area (Å²) in [6.45, 7) is 1.41. The largest absolute Gasteiger partial charge is 0.464 e. The lowest BCUT2D eigenvalue weighted by molar-refractivity contribution is 0.0594. The van der Waals surface area contributed by atoms with Crippen LogP contribution in [0, 0.1) is 0 Å². The van der Waals surface area contributed by atoms with Crippen LogP contribution < -0.4 is 0 Å². The van der Waals surface area contributed by atoms with Gasteiger partial charge in [0.25, 0.3) is 0 Å². The monoisotopic (exact) mass is 328 g/mol. The summed E-state index contributed by atoms with van der Waals surface area (Å²) < 4.78 is 4.74. The topological polar surface area (TPSA) is 65.6 Å². The van der Waals surface area contributed by atoms with Crippen molar-refractivity contribution in [1.29, 1.82) is 0 Å². The summed E-state index contributed by atoms with van der Waals surface area (Å²) in [4.78, 5) is 16.9. The van der Waals surface area contributed by atoms with E-state index in [1.54, 1.807) is 0 Å². The first-order valence-electron chi connectivity index (χ1n) is 8.41. The van der Waals surface area contributed by atoms with Gasteiger partial charge >= 0.3 is 5.97 Å². The lowest BCUT2D eigenvalue weighted by atomic mass is 9.86. The lowest BCUT2D eigenvalue weighted by Crippen LogP contribution is -2.33. The second-order valence-corrected chi connectivity index (χ2v) is 6.21. The van der Waals surface area contributed by atoms with Gasteiger partial charge in [0.05, 0.1) is 13.7 Å². The number of carbonyl (C=O) groups is 1. The normalized spacial score (nSPS) is 16.9. The maximum Gasteiger partial charge on any atom is 0.354 e. The van der Waals surface area contributed by atoms with E-state index >= 15 is 0 Å². The molecule has 0 fully saturated rings. The zero-order valence-corrected chi connectivity index (χ0v) is 14.0. The molecule has 5 nitrogen and oxygen atoms in total. The molecular formula is C19H24N2O3. The fourth-order valence-electron chi connectivity index (χ4n) is 3.57. The minimum absolute atomic E-state index is 0.118. The number of aliphatic hydroxyl groups is 1. The number of benzene rings is 1. The van der Waals surface area contributed by atoms with Gasteiger partial charge in [0.2, 0.25) is 0 Å². The summed E-state index contributed by atoms with van der Waals surface area (Å²) in [7, 11) is 1.37. The second-order valence-electron chi connectivity index (χ2n) is 6.21. The molecule has 0 saturated heterocycles. The van der Waals surface area contributed by atoms with Gasteiger partial charge in [0.1, 0.15) is 5.69 Å². The Hall–Kier alpha value is -2.11. The zero-order chi connectivity index (χ0) is 16.9. The van der Waals surface area contributed by atoms with Gasteiger partial charge < -0.3 is 14.8 Å². The first kappa shape index (κ1) is 16.7. The van der Waals surface area contributed by atoms with Gasteiger partial charge in [-0.05, 0) is 42.0 Å². The van der Waals surface area contributed by atoms with Gasteiger partial charge in [-0.3, -0.25) is 4.90 Å². The maximum atomic E-state index is 11.6. The standard InChI is InChI=1S/C19H24N2O3/c1-24-19(23)17-11-14(12-20-17)13-21(9-10-22)18-8-4-6-15-5-2-3-7-16(15)18/h2-3,5,7,11-12,18,20,22H,4,6,8-10,13H2,1H3. The van der Waals surface area contributed by atoms with Crippen molar-refractivity contribution in [3.63, 3.8) is 0 Å². The van der Waals surface area contributed by atoms with Crippen LogP contribution in [0.15, 0.2) is 36.5 Å². The first-order chi connectivity index (χ1) is 11.7. The molecule has 0 saturated carbocycles. The molecule has 0 aliphatic heterocycles. The number of nitrogens with one attached hydrogen (secondary N) is 1. The fourth-order valence-corrected chi connectivity index (χ4v) is 3.57. The molecule has 3 rings (SSSR count). The number of carbonyl (C=O) groups excluding carboxylic acids is 1. The molecule has 24 heavy (non-hydrogen) atoms. The molecular weight excluding hydrogens is 304 g/mol. The van der Waals surface area contributed by atoms with E-state index in [0.717, 1.165) is 24.8 Å². The number of aryl methyl sites for hydroxylation is 1. The number of methoxy groups -OCH3 is 1. The van der Waals surface area contributed by atoms with Crippen LogP contribution >= 0.6 is 0 Å². The molecule has 5 heteroatoms. The number of rotatable bonds is 6. The van der Waals surface area contributed by atoms with Crippen molar-refractivity contribution in [2.75, 3.05) is 20.3 Å². The number of esters is 1. The Bertz CT molecular complexity index is 695. The van der Waals surface area contributed by atoms with Crippen LogP contribution in [0.5, 0.6) is 0 Å². The van der Waals surface area contributed by atoms with E-state index < -0.39 is 0 Å². The molecule has 0 spiro atoms. The van der Waals surface area contributed by atoms with Gasteiger partial charge in [-0.15, -0.1) is 0 Å². The number of hydrogen-bond acceptors (Lipinski definition) is 4. The number of hydrogen-bond donors (Lipinski definition) is 2. The molecule has 2 aromatic rings. The van der Waals surface area contributed by atoms with Crippen molar-refractivity contribution in [2.24, 2.45) is 0 Å². The second kappa shape index (κ2) is 7.64. The van der Waals surface area contributed by atoms with E-state index in [1.807, 2.05) is 12.3 Å². The lowest BCUT2D eigenvalue weighted by Gasteiger charge is -2.35. The number of nitrogens with zero attached hydrogens (tertiary/aromatic N) is 1. The van der Waals surface area contributed by atoms with Crippen molar-refractivity contribution < 1.29 is 14.6 Å². The van der Waals surface area contributed by atoms with Gasteiger partial charge in [-0.1, -0.05) is 24.3 Å². The molecule has 1 atom stereocenters. The highest BCUT2D eigenvalue weighted by Gasteiger charge is 2.25. The molecule has 0 radical (unpaired) electrons. The zero-order valence-electron chi connectivity index (χ0n) is 14.0. The third-order valence-corrected chi connectivity index (χ3v) is 4.70. The molecule has 1 aliphatic carbocycles. The summed E-state index contributed by atoms with van der Waals surface area (Å²) >= 11 is 0. The number of ether oxygens (including phenoxy) is 1. The smallest absolute Gasteiger partial charge is 0.354 e. The molecule has 1 heterocycles. The molecule has 1 unspecified atom stereocenters. The Labute approximate surface area is 142 Å². The molecule has 0 amide bonds. The van der Waals surface area contributed by atoms with E-state index in [1.165, 1.54) is 18.2 Å². The molecule has 2 N–H and O–H groups in total. The van der Waals surface area contributed by atoms with Crippen LogP contribution in [-0.2, 0) is 17.7 Å². The van der Waals surface area contributed by atoms with E-state index in [4.69, 9.17) is 4.74 Å². The van der Waals surface area contributed by atoms with Crippen LogP contribution in [0.2, 0.25) is 0 Å². The molecule has 1 aliphatic rings. The third kappa shape index (κ3) is 3.52. The SMILES string of the molecule is COC(=O)c1cc(CN(CCO)C2CCCc3ccccc32)c[nH]1. The summed E-state index contributed by atoms with van der Waals surface area (Å²) in [5, 5.41) is 9.50. The maximum absolute atomic E-state index is 11.6. The van der Waals surface area contributed by atoms with E-state index in [-0.39, 0.29) is 12.6 Å². The Morgan fingerprint density at radius 2 is 2.25 bits per heavy atom. The summed E-state index contributed by atoms with van der Waals surface area (Å²) in [6, 6.07) is 10.7. The average Bonchev–Trinajstić information content (AvgIpc) is 3.09. The van der Waals surface area contributed by atoms with E-state index in [9.17, 15) is 9.90 Å². The molecule has 128 valence electrons. The van der Waals surface area contributed by atoms with Crippen LogP contribution in [0.1, 0.15) is 46.1 Å². The predicted molar refractivity (Wildman–Crippen MR) is 91.7 cm³/mol. The Balaban J connectivity index is 1.81. The number of aliphatic hydroxyl groups excluding tert-OH is 1. The minimum Gasteiger partial charge on any atom is -0.464 e. The minimum atomic E-state index is -0.363. The van der Waals surface area contributed by atoms with E-state index in [0.29, 0.717) is 24.8 Å². The van der Waals surface area contributed by atoms with Gasteiger partial charge in [-0.2, -0.15) is 0 Å². The number of fused-ring (bicyclic) bond motifs is 1. The Kier molecular flexibility index (Phi) is 5.33. The van der Waals surface area contributed by atoms with Gasteiger partial charge in [-0.25, -0.2) is 4.79 Å². The van der Waals surface area contributed by atoms with Crippen molar-refractivity contribution in [3.8, 4) is 0 Å². The molecule has 1 aromatic carbocycles. The van der Waals surface area contributed by atoms with Crippen LogP contribution in [-0.4, -0.2) is 41.2 Å². The average molecular weight is 328 g/mol. The Morgan fingerprint density at radius 3 is 3.04 bits per heavy atom. The van der Waals surface area contributed by atoms with Gasteiger partial charge in [0, 0.05) is 25.3 Å². The van der Waals surface area contributed by atoms with Crippen LogP contribution in [0.4, 0.5) is 0 Å². The van der Waals surface area contributed by atoms with Crippen molar-refractivity contribution >= 4 is 5.97 Å². The highest BCUT2D eigenvalue weighted by Crippen LogP contribution is 2.34. The van der Waals surface area contributed by atoms with Crippen molar-refractivity contribution in [3.05, 3.63) is 58.9 Å². The number of aromatic nitrogens is 1. The van der Waals surface area contributed by atoms with Crippen molar-refractivity contribution in [2.45, 2.75) is 31.8 Å². The number of H-pyrrole nitrogens is 1. The summed E-state index contributed by atoms with van der Waals surface area (Å²) in [5.74, 6) is -0.363. The highest BCUT2D eigenvalue weighted by atomic mass is 16.5. The number of aromatic amines is 1. The third-order valence-electron chi connectivity index (χ3n) is 4.70. The summed E-state index contributed by atoms with van der Waals surface area (Å²) in [6.07, 6.45) is 5.21. The molecule has 1 aromatic heterocycles. The van der Waals surface area contributed by atoms with Crippen molar-refractivity contribution in [1.82, 2.24) is 9.88 Å². The quantitative estimate of drug-likeness (QED) is 0.800. The van der Waals surface area contributed by atoms with E-state index in [2.05, 4.69) is 34.1 Å².